The van der Waals surface area contributed by atoms with Crippen LogP contribution in [0.5, 0.6) is 0 Å². The van der Waals surface area contributed by atoms with Gasteiger partial charge in [-0.1, -0.05) is 18.6 Å². The van der Waals surface area contributed by atoms with E-state index < -0.39 is 34.3 Å². The molecule has 6 nitrogen and oxygen atoms in total. The van der Waals surface area contributed by atoms with E-state index in [2.05, 4.69) is 0 Å². The van der Waals surface area contributed by atoms with Crippen molar-refractivity contribution in [1.29, 1.82) is 0 Å². The molecule has 0 radical (unpaired) electrons. The first kappa shape index (κ1) is 20.2. The maximum absolute atomic E-state index is 12.4. The van der Waals surface area contributed by atoms with Gasteiger partial charge < -0.3 is 24.5 Å². The largest absolute Gasteiger partial charge is 0.431 e. The summed E-state index contributed by atoms with van der Waals surface area (Å²) >= 11 is 0. The van der Waals surface area contributed by atoms with Gasteiger partial charge in [0.05, 0.1) is 29.5 Å². The third-order valence-corrected chi connectivity index (χ3v) is 9.18. The van der Waals surface area contributed by atoms with Crippen LogP contribution in [0.4, 0.5) is 0 Å². The summed E-state index contributed by atoms with van der Waals surface area (Å²) in [7, 11) is 0. The number of aliphatic hydroxyl groups is 3. The molecular formula is C24H30O6. The van der Waals surface area contributed by atoms with E-state index in [1.165, 1.54) is 12.3 Å². The Morgan fingerprint density at radius 1 is 1.13 bits per heavy atom. The first-order valence-corrected chi connectivity index (χ1v) is 11.1. The summed E-state index contributed by atoms with van der Waals surface area (Å²) in [6, 6.07) is 3.06. The highest BCUT2D eigenvalue weighted by Crippen LogP contribution is 2.69. The van der Waals surface area contributed by atoms with Crippen molar-refractivity contribution in [1.82, 2.24) is 0 Å². The molecule has 3 fully saturated rings. The number of carbonyl (C=O) groups excluding carboxylic acids is 1. The zero-order chi connectivity index (χ0) is 21.3. The lowest BCUT2D eigenvalue weighted by atomic mass is 9.45. The predicted octanol–water partition coefficient (Wildman–Crippen LogP) is 2.31. The molecule has 3 saturated carbocycles. The van der Waals surface area contributed by atoms with E-state index >= 15 is 0 Å². The minimum Gasteiger partial charge on any atom is -0.431 e. The van der Waals surface area contributed by atoms with Gasteiger partial charge in [-0.15, -0.1) is 0 Å². The molecule has 8 unspecified atom stereocenters. The number of allylic oxidation sites excluding steroid dienone is 1. The highest BCUT2D eigenvalue weighted by Gasteiger charge is 2.69. The smallest absolute Gasteiger partial charge is 0.335 e. The minimum absolute atomic E-state index is 0.0141. The predicted molar refractivity (Wildman–Crippen MR) is 109 cm³/mol. The Bertz CT molecular complexity index is 931. The molecule has 162 valence electrons. The van der Waals surface area contributed by atoms with Crippen LogP contribution in [0.1, 0.15) is 63.4 Å². The van der Waals surface area contributed by atoms with Crippen molar-refractivity contribution in [3.63, 3.8) is 0 Å². The lowest BCUT2D eigenvalue weighted by Crippen LogP contribution is -2.61. The molecule has 6 heteroatoms. The molecule has 4 aliphatic carbocycles. The SMILES string of the molecule is CC12CCC3C(CCC4=CC(O)CCC43C=O)C1(O)CC(O)C2c1ccc(=O)oc1. The first-order valence-electron chi connectivity index (χ1n) is 11.1. The van der Waals surface area contributed by atoms with Crippen molar-refractivity contribution in [3.8, 4) is 0 Å². The highest BCUT2D eigenvalue weighted by molar-refractivity contribution is 5.67. The van der Waals surface area contributed by atoms with Gasteiger partial charge in [0.25, 0.3) is 0 Å². The maximum atomic E-state index is 12.4. The van der Waals surface area contributed by atoms with Crippen LogP contribution in [0.3, 0.4) is 0 Å². The van der Waals surface area contributed by atoms with E-state index in [1.54, 1.807) is 6.07 Å². The monoisotopic (exact) mass is 414 g/mol. The van der Waals surface area contributed by atoms with E-state index in [0.29, 0.717) is 25.7 Å². The van der Waals surface area contributed by atoms with E-state index in [0.717, 1.165) is 30.3 Å². The molecule has 3 N–H and O–H groups in total. The van der Waals surface area contributed by atoms with Crippen molar-refractivity contribution in [2.24, 2.45) is 22.7 Å². The zero-order valence-corrected chi connectivity index (χ0v) is 17.3. The molecule has 1 aromatic heterocycles. The van der Waals surface area contributed by atoms with Crippen molar-refractivity contribution < 1.29 is 24.5 Å². The van der Waals surface area contributed by atoms with Gasteiger partial charge in [-0.3, -0.25) is 0 Å². The van der Waals surface area contributed by atoms with Crippen molar-refractivity contribution in [2.75, 3.05) is 0 Å². The van der Waals surface area contributed by atoms with Crippen LogP contribution in [0.25, 0.3) is 0 Å². The summed E-state index contributed by atoms with van der Waals surface area (Å²) < 4.78 is 5.07. The molecular weight excluding hydrogens is 384 g/mol. The molecule has 1 aromatic rings. The number of hydrogen-bond donors (Lipinski definition) is 3. The van der Waals surface area contributed by atoms with E-state index in [1.807, 2.05) is 13.0 Å². The third kappa shape index (κ3) is 2.47. The average molecular weight is 414 g/mol. The number of aliphatic hydroxyl groups excluding tert-OH is 2. The topological polar surface area (TPSA) is 108 Å². The molecule has 8 atom stereocenters. The lowest BCUT2D eigenvalue weighted by Gasteiger charge is -2.61. The highest BCUT2D eigenvalue weighted by atomic mass is 16.4. The normalized spacial score (nSPS) is 47.6. The number of fused-ring (bicyclic) bond motifs is 5. The van der Waals surface area contributed by atoms with Crippen LogP contribution < -0.4 is 5.63 Å². The van der Waals surface area contributed by atoms with Crippen LogP contribution in [-0.4, -0.2) is 39.4 Å². The fraction of sp³-hybridized carbons (Fsp3) is 0.667. The molecule has 0 saturated heterocycles. The molecule has 0 amide bonds. The van der Waals surface area contributed by atoms with Gasteiger partial charge in [0.1, 0.15) is 6.29 Å². The summed E-state index contributed by atoms with van der Waals surface area (Å²) in [5, 5.41) is 33.3. The van der Waals surface area contributed by atoms with Gasteiger partial charge in [0.15, 0.2) is 0 Å². The summed E-state index contributed by atoms with van der Waals surface area (Å²) in [6.07, 6.45) is 7.45. The fourth-order valence-electron chi connectivity index (χ4n) is 7.78. The van der Waals surface area contributed by atoms with Crippen molar-refractivity contribution in [2.45, 2.75) is 75.6 Å². The van der Waals surface area contributed by atoms with Gasteiger partial charge in [0, 0.05) is 23.8 Å². The summed E-state index contributed by atoms with van der Waals surface area (Å²) in [6.45, 7) is 2.04. The fourth-order valence-corrected chi connectivity index (χ4v) is 7.78. The summed E-state index contributed by atoms with van der Waals surface area (Å²) in [4.78, 5) is 23.9. The molecule has 4 aliphatic rings. The van der Waals surface area contributed by atoms with Gasteiger partial charge in [-0.2, -0.15) is 0 Å². The second kappa shape index (κ2) is 6.62. The molecule has 0 spiro atoms. The van der Waals surface area contributed by atoms with Crippen LogP contribution in [0.15, 0.2) is 39.3 Å². The van der Waals surface area contributed by atoms with Gasteiger partial charge in [-0.25, -0.2) is 4.79 Å². The molecule has 1 heterocycles. The van der Waals surface area contributed by atoms with E-state index in [4.69, 9.17) is 4.42 Å². The van der Waals surface area contributed by atoms with Crippen LogP contribution in [0, 0.1) is 22.7 Å². The Balaban J connectivity index is 1.56. The standard InChI is InChI=1S/C24H30O6/c1-22-8-7-17-18(4-3-15-10-16(26)6-9-23(15,17)13-25)24(22,29)11-19(27)21(22)14-2-5-20(28)30-12-14/h2,5,10,12-13,16-19,21,26-27,29H,3-4,6-9,11H2,1H3. The number of carbonyl (C=O) groups is 1. The Hall–Kier alpha value is -1.76. The Morgan fingerprint density at radius 2 is 1.93 bits per heavy atom. The van der Waals surface area contributed by atoms with Crippen molar-refractivity contribution >= 4 is 6.29 Å². The Kier molecular flexibility index (Phi) is 4.45. The third-order valence-electron chi connectivity index (χ3n) is 9.18. The average Bonchev–Trinajstić information content (AvgIpc) is 2.93. The summed E-state index contributed by atoms with van der Waals surface area (Å²) in [5.74, 6) is -0.408. The van der Waals surface area contributed by atoms with Crippen LogP contribution >= 0.6 is 0 Å². The first-order chi connectivity index (χ1) is 14.2. The van der Waals surface area contributed by atoms with Gasteiger partial charge >= 0.3 is 5.63 Å². The Labute approximate surface area is 175 Å². The quantitative estimate of drug-likeness (QED) is 0.506. The molecule has 30 heavy (non-hydrogen) atoms. The van der Waals surface area contributed by atoms with E-state index in [9.17, 15) is 24.9 Å². The van der Waals surface area contributed by atoms with Gasteiger partial charge in [-0.05, 0) is 62.0 Å². The second-order valence-electron chi connectivity index (χ2n) is 10.2. The number of hydrogen-bond acceptors (Lipinski definition) is 6. The minimum atomic E-state index is -1.10. The van der Waals surface area contributed by atoms with Gasteiger partial charge in [0.2, 0.25) is 0 Å². The lowest BCUT2D eigenvalue weighted by molar-refractivity contribution is -0.180. The van der Waals surface area contributed by atoms with Crippen LogP contribution in [0.2, 0.25) is 0 Å². The van der Waals surface area contributed by atoms with Crippen molar-refractivity contribution in [3.05, 3.63) is 46.0 Å². The summed E-state index contributed by atoms with van der Waals surface area (Å²) in [5.41, 5.74) is -0.956. The maximum Gasteiger partial charge on any atom is 0.335 e. The number of rotatable bonds is 2. The second-order valence-corrected chi connectivity index (χ2v) is 10.2. The van der Waals surface area contributed by atoms with Crippen LogP contribution in [-0.2, 0) is 4.79 Å². The molecule has 5 rings (SSSR count). The van der Waals surface area contributed by atoms with E-state index in [-0.39, 0.29) is 24.2 Å². The Morgan fingerprint density at radius 3 is 2.63 bits per heavy atom. The molecule has 0 aromatic carbocycles. The molecule has 0 aliphatic heterocycles. The zero-order valence-electron chi connectivity index (χ0n) is 17.3. The number of aldehydes is 1. The molecule has 0 bridgehead atoms.